The smallest absolute Gasteiger partial charge is 0.332 e. The molecule has 0 aliphatic carbocycles. The number of hydrogen-bond acceptors (Lipinski definition) is 11. The second-order valence-corrected chi connectivity index (χ2v) is 27.4. The summed E-state index contributed by atoms with van der Waals surface area (Å²) in [6.07, 6.45) is -2.20. The molecule has 1 spiro atoms. The first-order chi connectivity index (χ1) is 23.3. The van der Waals surface area contributed by atoms with Gasteiger partial charge in [0, 0.05) is 25.4 Å². The van der Waals surface area contributed by atoms with Crippen molar-refractivity contribution in [3.05, 3.63) is 79.6 Å². The Bertz CT molecular complexity index is 1860. The molecule has 1 aromatic carbocycles. The molecule has 4 rings (SSSR count). The first kappa shape index (κ1) is 40.9. The zero-order chi connectivity index (χ0) is 38.4. The maximum Gasteiger partial charge on any atom is 0.332 e. The van der Waals surface area contributed by atoms with Gasteiger partial charge in [0.15, 0.2) is 28.5 Å². The average molecular weight is 766 g/mol. The van der Waals surface area contributed by atoms with Crippen molar-refractivity contribution in [1.29, 1.82) is 0 Å². The number of nitrogens with zero attached hydrogens (tertiary/aromatic N) is 2. The molecule has 0 saturated carbocycles. The Labute approximate surface area is 303 Å². The summed E-state index contributed by atoms with van der Waals surface area (Å²) in [6.45, 7) is 22.1. The van der Waals surface area contributed by atoms with Crippen molar-refractivity contribution in [1.82, 2.24) is 14.5 Å². The van der Waals surface area contributed by atoms with E-state index >= 15 is 0 Å². The normalized spacial score (nSPS) is 23.8. The second kappa shape index (κ2) is 14.5. The van der Waals surface area contributed by atoms with Gasteiger partial charge < -0.3 is 23.6 Å². The molecule has 51 heavy (non-hydrogen) atoms. The molecular formula is C35H55N3O10SSi2. The minimum atomic E-state index is -4.33. The Morgan fingerprint density at radius 1 is 1.00 bits per heavy atom. The van der Waals surface area contributed by atoms with Crippen LogP contribution in [0.25, 0.3) is 0 Å². The highest BCUT2D eigenvalue weighted by molar-refractivity contribution is 7.90. The van der Waals surface area contributed by atoms with Gasteiger partial charge in [-0.05, 0) is 48.8 Å². The van der Waals surface area contributed by atoms with Crippen molar-refractivity contribution in [2.75, 3.05) is 13.2 Å². The van der Waals surface area contributed by atoms with Crippen molar-refractivity contribution < 1.29 is 35.7 Å². The summed E-state index contributed by atoms with van der Waals surface area (Å²) in [5, 5.41) is 3.60. The van der Waals surface area contributed by atoms with Crippen LogP contribution in [-0.2, 0) is 51.1 Å². The maximum absolute atomic E-state index is 13.8. The monoisotopic (exact) mass is 765 g/mol. The fourth-order valence-corrected chi connectivity index (χ4v) is 9.05. The van der Waals surface area contributed by atoms with Crippen LogP contribution in [0.4, 0.5) is 0 Å². The molecule has 284 valence electrons. The van der Waals surface area contributed by atoms with Gasteiger partial charge >= 0.3 is 11.7 Å². The van der Waals surface area contributed by atoms with Gasteiger partial charge in [0.1, 0.15) is 18.8 Å². The van der Waals surface area contributed by atoms with E-state index in [1.807, 2.05) is 64.2 Å². The number of aromatic nitrogens is 2. The van der Waals surface area contributed by atoms with E-state index < -0.39 is 68.0 Å². The minimum absolute atomic E-state index is 0.00622. The Kier molecular flexibility index (Phi) is 11.6. The van der Waals surface area contributed by atoms with Crippen molar-refractivity contribution in [2.24, 2.45) is 7.05 Å². The Balaban J connectivity index is 1.82. The third-order valence-electron chi connectivity index (χ3n) is 10.7. The molecule has 16 heteroatoms. The van der Waals surface area contributed by atoms with Crippen LogP contribution >= 0.6 is 0 Å². The second-order valence-electron chi connectivity index (χ2n) is 16.5. The number of ether oxygens (including phenoxy) is 2. The summed E-state index contributed by atoms with van der Waals surface area (Å²) in [4.78, 5) is 39.3. The van der Waals surface area contributed by atoms with E-state index in [2.05, 4.69) is 39.2 Å². The molecular weight excluding hydrogens is 711 g/mol. The van der Waals surface area contributed by atoms with Crippen LogP contribution in [0.3, 0.4) is 0 Å². The highest BCUT2D eigenvalue weighted by Gasteiger charge is 2.68. The Morgan fingerprint density at radius 2 is 1.61 bits per heavy atom. The molecule has 3 heterocycles. The highest BCUT2D eigenvalue weighted by atomic mass is 32.2. The third-order valence-corrected chi connectivity index (χ3v) is 20.7. The fraction of sp³-hybridized carbons (Fsp3) is 0.629. The average Bonchev–Trinajstić information content (AvgIpc) is 3.46. The lowest BCUT2D eigenvalue weighted by molar-refractivity contribution is -0.144. The van der Waals surface area contributed by atoms with Gasteiger partial charge in [-0.3, -0.25) is 18.7 Å². The van der Waals surface area contributed by atoms with Gasteiger partial charge in [0.2, 0.25) is 0 Å². The van der Waals surface area contributed by atoms with Crippen LogP contribution in [0, 0.1) is 6.92 Å². The third kappa shape index (κ3) is 8.52. The zero-order valence-electron chi connectivity index (χ0n) is 32.0. The lowest BCUT2D eigenvalue weighted by atomic mass is 9.89. The van der Waals surface area contributed by atoms with Crippen LogP contribution in [0.15, 0.2) is 57.2 Å². The van der Waals surface area contributed by atoms with Gasteiger partial charge in [-0.15, -0.1) is 0 Å². The standard InChI is InChI=1S/C35H55N3O10SSi2/c1-24-20-38(32(41)37(8)30(24)40)31-29(47-51(11,12)34(5,6)7)35(27(46-31)22-45-50(9,10)33(2,3)4)26(23-49(42,43)48-35)36-19-18-28(39)44-21-25-16-14-13-15-17-25/h13-17,20,23,27,29,31,36H,18-19,21-22H2,1-12H3/t27-,29+,31-,35-/m1/s1. The number of benzene rings is 1. The van der Waals surface area contributed by atoms with Crippen LogP contribution in [0.2, 0.25) is 36.3 Å². The van der Waals surface area contributed by atoms with Gasteiger partial charge in [-0.1, -0.05) is 71.9 Å². The van der Waals surface area contributed by atoms with Gasteiger partial charge in [-0.25, -0.2) is 8.98 Å². The molecule has 1 saturated heterocycles. The first-order valence-corrected chi connectivity index (χ1v) is 24.5. The van der Waals surface area contributed by atoms with Crippen molar-refractivity contribution in [2.45, 2.75) is 122 Å². The highest BCUT2D eigenvalue weighted by Crippen LogP contribution is 2.52. The van der Waals surface area contributed by atoms with Crippen LogP contribution < -0.4 is 16.6 Å². The predicted octanol–water partition coefficient (Wildman–Crippen LogP) is 4.83. The summed E-state index contributed by atoms with van der Waals surface area (Å²) < 4.78 is 61.4. The van der Waals surface area contributed by atoms with Gasteiger partial charge in [0.25, 0.3) is 15.7 Å². The van der Waals surface area contributed by atoms with Crippen LogP contribution in [-0.4, -0.2) is 71.1 Å². The summed E-state index contributed by atoms with van der Waals surface area (Å²) in [7, 11) is -8.18. The van der Waals surface area contributed by atoms with Crippen LogP contribution in [0.5, 0.6) is 0 Å². The molecule has 4 atom stereocenters. The molecule has 0 unspecified atom stereocenters. The van der Waals surface area contributed by atoms with E-state index in [4.69, 9.17) is 22.5 Å². The maximum atomic E-state index is 13.8. The largest absolute Gasteiger partial charge is 0.461 e. The van der Waals surface area contributed by atoms with E-state index in [0.717, 1.165) is 15.5 Å². The summed E-state index contributed by atoms with van der Waals surface area (Å²) >= 11 is 0. The molecule has 2 aliphatic rings. The Morgan fingerprint density at radius 3 is 2.20 bits per heavy atom. The number of hydrogen-bond donors (Lipinski definition) is 1. The Hall–Kier alpha value is -2.87. The lowest BCUT2D eigenvalue weighted by Crippen LogP contribution is -2.60. The molecule has 1 N–H and O–H groups in total. The first-order valence-electron chi connectivity index (χ1n) is 17.2. The van der Waals surface area contributed by atoms with E-state index in [0.29, 0.717) is 0 Å². The molecule has 2 aromatic rings. The SMILES string of the molecule is Cc1cn([C@@H]2O[C@H](CO[Si](C)(C)C(C)(C)C)[C@@]3(OS(=O)(=O)C=C3NCCC(=O)OCc3ccccc3)[C@H]2O[Si](C)(C)C(C)(C)C)c(=O)n(C)c1=O. The quantitative estimate of drug-likeness (QED) is 0.180. The summed E-state index contributed by atoms with van der Waals surface area (Å²) in [5.74, 6) is -0.484. The molecule has 1 fully saturated rings. The summed E-state index contributed by atoms with van der Waals surface area (Å²) in [6, 6.07) is 9.28. The topological polar surface area (TPSA) is 153 Å². The van der Waals surface area contributed by atoms with E-state index in [1.165, 1.54) is 17.8 Å². The molecule has 1 aromatic heterocycles. The van der Waals surface area contributed by atoms with E-state index in [9.17, 15) is 22.8 Å². The van der Waals surface area contributed by atoms with Gasteiger partial charge in [0.05, 0.1) is 24.1 Å². The number of nitrogens with one attached hydrogen (secondary N) is 1. The molecule has 2 aliphatic heterocycles. The number of carbonyl (C=O) groups is 1. The number of esters is 1. The zero-order valence-corrected chi connectivity index (χ0v) is 34.8. The minimum Gasteiger partial charge on any atom is -0.461 e. The predicted molar refractivity (Wildman–Crippen MR) is 199 cm³/mol. The molecule has 0 amide bonds. The van der Waals surface area contributed by atoms with E-state index in [-0.39, 0.29) is 47.5 Å². The summed E-state index contributed by atoms with van der Waals surface area (Å²) in [5.41, 5.74) is -1.75. The van der Waals surface area contributed by atoms with Crippen molar-refractivity contribution in [3.63, 3.8) is 0 Å². The van der Waals surface area contributed by atoms with Gasteiger partial charge in [-0.2, -0.15) is 8.42 Å². The number of rotatable bonds is 12. The number of aryl methyl sites for hydroxylation is 1. The van der Waals surface area contributed by atoms with Crippen LogP contribution in [0.1, 0.15) is 65.3 Å². The molecule has 13 nitrogen and oxygen atoms in total. The van der Waals surface area contributed by atoms with Crippen molar-refractivity contribution >= 4 is 32.7 Å². The number of carbonyl (C=O) groups excluding carboxylic acids is 1. The lowest BCUT2D eigenvalue weighted by Gasteiger charge is -2.44. The van der Waals surface area contributed by atoms with E-state index in [1.54, 1.807) is 6.92 Å². The molecule has 0 bridgehead atoms. The molecule has 0 radical (unpaired) electrons. The van der Waals surface area contributed by atoms with Crippen molar-refractivity contribution in [3.8, 4) is 0 Å². The fourth-order valence-electron chi connectivity index (χ4n) is 5.49.